The van der Waals surface area contributed by atoms with Gasteiger partial charge in [-0.05, 0) is 47.6 Å². The lowest BCUT2D eigenvalue weighted by molar-refractivity contribution is -0.283. The number of ether oxygens (including phenoxy) is 7. The van der Waals surface area contributed by atoms with Crippen molar-refractivity contribution in [2.45, 2.75) is 109 Å². The van der Waals surface area contributed by atoms with Crippen molar-refractivity contribution in [3.63, 3.8) is 0 Å². The van der Waals surface area contributed by atoms with Gasteiger partial charge < -0.3 is 54.4 Å². The fourth-order valence-electron chi connectivity index (χ4n) is 7.30. The van der Waals surface area contributed by atoms with Crippen LogP contribution >= 0.6 is 15.9 Å². The van der Waals surface area contributed by atoms with E-state index in [1.807, 2.05) is 48.5 Å². The topological polar surface area (TPSA) is 298 Å². The predicted octanol–water partition coefficient (Wildman–Crippen LogP) is 2.83. The van der Waals surface area contributed by atoms with Gasteiger partial charge in [0.15, 0.2) is 18.5 Å². The molecule has 9 atom stereocenters. The minimum atomic E-state index is -1.72. The summed E-state index contributed by atoms with van der Waals surface area (Å²) >= 11 is 3.15. The first-order valence-electron chi connectivity index (χ1n) is 20.9. The Hall–Kier alpha value is -6.29. The number of carbonyl (C=O) groups excluding carboxylic acids is 8. The number of hydrogen-bond acceptors (Lipinski definition) is 16. The molecule has 2 aromatic carbocycles. The van der Waals surface area contributed by atoms with Gasteiger partial charge in [0, 0.05) is 36.9 Å². The van der Waals surface area contributed by atoms with Crippen LogP contribution in [-0.4, -0.2) is 134 Å². The van der Waals surface area contributed by atoms with Crippen LogP contribution in [0.4, 0.5) is 4.79 Å². The van der Waals surface area contributed by atoms with Crippen LogP contribution in [0.15, 0.2) is 53.6 Å². The molecule has 0 saturated carbocycles. The fourth-order valence-corrected chi connectivity index (χ4v) is 7.46. The van der Waals surface area contributed by atoms with E-state index < -0.39 is 122 Å². The maximum Gasteiger partial charge on any atom is 0.407 e. The first kappa shape index (κ1) is 52.3. The van der Waals surface area contributed by atoms with Crippen molar-refractivity contribution >= 4 is 63.6 Å². The summed E-state index contributed by atoms with van der Waals surface area (Å²) in [5.41, 5.74) is 13.3. The SMILES string of the molecule is CC(=O)OC[C@H]1O[C@@H](O[C@H](C)[C@H](NC(=O)OCC2c3ccccc3-c3ccccc32)C(=O)NCC(=O)N[C@H](C(=O)N[C@@H](C)C(=O)OCCBr)C(C)C)[C@H](N=[N+]=[N-])[C@@H](OC(C)=O)[C@H]1OC(C)=O. The molecule has 0 aromatic heterocycles. The second kappa shape index (κ2) is 24.8. The third-order valence-electron chi connectivity index (χ3n) is 10.3. The number of benzene rings is 2. The molecule has 4 amide bonds. The number of nitrogens with one attached hydrogen (secondary N) is 4. The van der Waals surface area contributed by atoms with Gasteiger partial charge in [-0.1, -0.05) is 83.4 Å². The number of rotatable bonds is 21. The molecule has 22 nitrogen and oxygen atoms in total. The third-order valence-corrected chi connectivity index (χ3v) is 10.6. The van der Waals surface area contributed by atoms with E-state index in [2.05, 4.69) is 47.2 Å². The van der Waals surface area contributed by atoms with E-state index >= 15 is 0 Å². The normalized spacial score (nSPS) is 20.3. The van der Waals surface area contributed by atoms with Crippen molar-refractivity contribution in [1.82, 2.24) is 21.3 Å². The first-order chi connectivity index (χ1) is 31.4. The lowest BCUT2D eigenvalue weighted by atomic mass is 9.96. The van der Waals surface area contributed by atoms with Crippen molar-refractivity contribution < 1.29 is 71.5 Å². The molecule has 0 bridgehead atoms. The number of alkyl halides is 1. The van der Waals surface area contributed by atoms with Crippen LogP contribution in [0.1, 0.15) is 65.5 Å². The summed E-state index contributed by atoms with van der Waals surface area (Å²) in [6.45, 7) is 7.90. The van der Waals surface area contributed by atoms with Gasteiger partial charge in [0.1, 0.15) is 50.1 Å². The molecule has 66 heavy (non-hydrogen) atoms. The molecule has 1 aliphatic carbocycles. The van der Waals surface area contributed by atoms with Crippen LogP contribution in [0, 0.1) is 5.92 Å². The Morgan fingerprint density at radius 2 is 1.36 bits per heavy atom. The summed E-state index contributed by atoms with van der Waals surface area (Å²) in [5.74, 6) is -6.54. The average molecular weight is 989 g/mol. The molecule has 23 heteroatoms. The van der Waals surface area contributed by atoms with E-state index in [-0.39, 0.29) is 19.1 Å². The molecule has 1 saturated heterocycles. The second-order valence-electron chi connectivity index (χ2n) is 15.6. The smallest absolute Gasteiger partial charge is 0.407 e. The summed E-state index contributed by atoms with van der Waals surface area (Å²) in [6, 6.07) is 9.76. The maximum atomic E-state index is 14.1. The molecule has 358 valence electrons. The minimum absolute atomic E-state index is 0.0773. The molecule has 2 aliphatic rings. The van der Waals surface area contributed by atoms with Crippen LogP contribution in [-0.2, 0) is 66.7 Å². The Morgan fingerprint density at radius 3 is 1.92 bits per heavy atom. The first-order valence-corrected chi connectivity index (χ1v) is 22.0. The third kappa shape index (κ3) is 14.4. The van der Waals surface area contributed by atoms with Gasteiger partial charge >= 0.3 is 30.0 Å². The van der Waals surface area contributed by atoms with Gasteiger partial charge in [0.05, 0.1) is 12.6 Å². The summed E-state index contributed by atoms with van der Waals surface area (Å²) in [7, 11) is 0. The molecular weight excluding hydrogens is 934 g/mol. The zero-order valence-corrected chi connectivity index (χ0v) is 38.9. The van der Waals surface area contributed by atoms with Crippen molar-refractivity contribution in [2.24, 2.45) is 11.0 Å². The van der Waals surface area contributed by atoms with Gasteiger partial charge in [-0.15, -0.1) is 0 Å². The minimum Gasteiger partial charge on any atom is -0.463 e. The lowest BCUT2D eigenvalue weighted by Crippen LogP contribution is -2.63. The van der Waals surface area contributed by atoms with Crippen LogP contribution in [0.25, 0.3) is 21.6 Å². The highest BCUT2D eigenvalue weighted by Gasteiger charge is 2.51. The number of fused-ring (bicyclic) bond motifs is 3. The van der Waals surface area contributed by atoms with E-state index in [0.29, 0.717) is 5.33 Å². The molecule has 4 rings (SSSR count). The Kier molecular flexibility index (Phi) is 19.7. The van der Waals surface area contributed by atoms with Crippen molar-refractivity contribution in [1.29, 1.82) is 0 Å². The zero-order valence-electron chi connectivity index (χ0n) is 37.3. The van der Waals surface area contributed by atoms with Gasteiger partial charge in [-0.3, -0.25) is 28.8 Å². The quantitative estimate of drug-likeness (QED) is 0.0349. The lowest BCUT2D eigenvalue weighted by Gasteiger charge is -2.44. The Balaban J connectivity index is 1.59. The Morgan fingerprint density at radius 1 is 0.758 bits per heavy atom. The van der Waals surface area contributed by atoms with E-state index in [1.54, 1.807) is 13.8 Å². The molecule has 0 radical (unpaired) electrons. The van der Waals surface area contributed by atoms with Crippen LogP contribution < -0.4 is 21.3 Å². The molecule has 0 spiro atoms. The predicted molar refractivity (Wildman–Crippen MR) is 234 cm³/mol. The van der Waals surface area contributed by atoms with Gasteiger partial charge in [-0.2, -0.15) is 0 Å². The molecule has 0 unspecified atom stereocenters. The summed E-state index contributed by atoms with van der Waals surface area (Å²) in [4.78, 5) is 106. The molecule has 1 fully saturated rings. The zero-order chi connectivity index (χ0) is 48.7. The summed E-state index contributed by atoms with van der Waals surface area (Å²) in [5, 5.41) is 14.0. The van der Waals surface area contributed by atoms with E-state index in [1.165, 1.54) is 13.8 Å². The molecule has 1 aliphatic heterocycles. The number of halogens is 1. The number of esters is 4. The van der Waals surface area contributed by atoms with Crippen LogP contribution in [0.5, 0.6) is 0 Å². The van der Waals surface area contributed by atoms with Crippen LogP contribution in [0.2, 0.25) is 0 Å². The molecular formula is C43H54BrN7O15. The van der Waals surface area contributed by atoms with Gasteiger partial charge in [0.2, 0.25) is 17.7 Å². The van der Waals surface area contributed by atoms with E-state index in [0.717, 1.165) is 43.0 Å². The monoisotopic (exact) mass is 987 g/mol. The maximum absolute atomic E-state index is 14.1. The number of hydrogen-bond donors (Lipinski definition) is 4. The highest BCUT2D eigenvalue weighted by Crippen LogP contribution is 2.44. The van der Waals surface area contributed by atoms with Crippen molar-refractivity contribution in [2.75, 3.05) is 31.7 Å². The Labute approximate surface area is 388 Å². The average Bonchev–Trinajstić information content (AvgIpc) is 3.58. The van der Waals surface area contributed by atoms with Crippen molar-refractivity contribution in [3.05, 3.63) is 70.1 Å². The van der Waals surface area contributed by atoms with E-state index in [9.17, 15) is 43.9 Å². The molecule has 1 heterocycles. The highest BCUT2D eigenvalue weighted by molar-refractivity contribution is 9.09. The highest BCUT2D eigenvalue weighted by atomic mass is 79.9. The number of azide groups is 1. The Bertz CT molecular complexity index is 2110. The van der Waals surface area contributed by atoms with E-state index in [4.69, 9.17) is 33.2 Å². The van der Waals surface area contributed by atoms with Crippen LogP contribution in [0.3, 0.4) is 0 Å². The summed E-state index contributed by atoms with van der Waals surface area (Å²) in [6.07, 6.45) is -8.69. The van der Waals surface area contributed by atoms with Crippen molar-refractivity contribution in [3.8, 4) is 11.1 Å². The number of carbonyl (C=O) groups is 8. The number of nitrogens with zero attached hydrogens (tertiary/aromatic N) is 3. The van der Waals surface area contributed by atoms with Gasteiger partial charge in [-0.25, -0.2) is 9.59 Å². The standard InChI is InChI=1S/C43H54BrN7O15/c1-21(2)34(40(57)47-22(3)41(58)60-17-16-44)48-33(55)18-46-39(56)35(49-43(59)62-19-31-29-14-10-8-12-27(29)28-13-9-11-15-30(28)31)23(4)63-42-36(50-51-45)38(65-26(7)54)37(64-25(6)53)32(66-42)20-61-24(5)52/h8-15,21-23,31-32,34-38,42H,16-20H2,1-7H3,(H,46,56)(H,47,57)(H,48,55)(H,49,59)/t22-,23+,32+,34-,35-,36+,37-,38+,42+/m0/s1. The number of alkyl carbamates (subject to hydrolysis) is 1. The van der Waals surface area contributed by atoms with Gasteiger partial charge in [0.25, 0.3) is 0 Å². The molecule has 4 N–H and O–H groups in total. The fraction of sp³-hybridized carbons (Fsp3) is 0.535. The number of amides is 4. The second-order valence-corrected chi connectivity index (χ2v) is 16.4. The summed E-state index contributed by atoms with van der Waals surface area (Å²) < 4.78 is 38.9. The molecule has 2 aromatic rings. The largest absolute Gasteiger partial charge is 0.463 e.